The number of rotatable bonds is 6. The van der Waals surface area contributed by atoms with Gasteiger partial charge in [0.1, 0.15) is 5.82 Å². The summed E-state index contributed by atoms with van der Waals surface area (Å²) in [5.41, 5.74) is 0.949. The minimum absolute atomic E-state index is 0.126. The van der Waals surface area contributed by atoms with Crippen molar-refractivity contribution in [2.24, 2.45) is 5.92 Å². The molecule has 0 bridgehead atoms. The van der Waals surface area contributed by atoms with E-state index in [1.54, 1.807) is 0 Å². The number of para-hydroxylation sites is 1. The van der Waals surface area contributed by atoms with Gasteiger partial charge in [-0.1, -0.05) is 12.1 Å². The summed E-state index contributed by atoms with van der Waals surface area (Å²) < 4.78 is 3.96. The van der Waals surface area contributed by atoms with Crippen LogP contribution in [0.15, 0.2) is 47.5 Å². The first-order valence-corrected chi connectivity index (χ1v) is 10.0. The highest BCUT2D eigenvalue weighted by molar-refractivity contribution is 5.77. The van der Waals surface area contributed by atoms with Gasteiger partial charge in [-0.3, -0.25) is 18.9 Å². The second-order valence-corrected chi connectivity index (χ2v) is 7.81. The van der Waals surface area contributed by atoms with Crippen molar-refractivity contribution < 1.29 is 0 Å². The van der Waals surface area contributed by atoms with Gasteiger partial charge in [-0.2, -0.15) is 5.10 Å². The first kappa shape index (κ1) is 16.7. The predicted octanol–water partition coefficient (Wildman–Crippen LogP) is 2.84. The number of likely N-dealkylation sites (tertiary alicyclic amines) is 1. The first-order chi connectivity index (χ1) is 13.3. The van der Waals surface area contributed by atoms with Crippen LogP contribution in [0.25, 0.3) is 10.9 Å². The lowest BCUT2D eigenvalue weighted by Crippen LogP contribution is -2.34. The van der Waals surface area contributed by atoms with Crippen LogP contribution in [0.1, 0.15) is 37.5 Å². The zero-order valence-electron chi connectivity index (χ0n) is 15.5. The number of benzene rings is 1. The van der Waals surface area contributed by atoms with Crippen LogP contribution in [0.5, 0.6) is 0 Å². The molecule has 1 atom stereocenters. The van der Waals surface area contributed by atoms with Crippen molar-refractivity contribution in [2.75, 3.05) is 13.1 Å². The third-order valence-corrected chi connectivity index (χ3v) is 5.87. The molecule has 2 fully saturated rings. The van der Waals surface area contributed by atoms with Crippen LogP contribution in [0, 0.1) is 5.92 Å². The summed E-state index contributed by atoms with van der Waals surface area (Å²) in [6, 6.07) is 9.94. The molecule has 6 heteroatoms. The maximum Gasteiger partial charge on any atom is 0.261 e. The van der Waals surface area contributed by atoms with E-state index < -0.39 is 0 Å². The lowest BCUT2D eigenvalue weighted by molar-refractivity contribution is 0.228. The molecule has 0 amide bonds. The molecule has 1 saturated heterocycles. The zero-order valence-corrected chi connectivity index (χ0v) is 15.5. The number of hydrogen-bond donors (Lipinski definition) is 0. The summed E-state index contributed by atoms with van der Waals surface area (Å²) in [5, 5.41) is 5.05. The smallest absolute Gasteiger partial charge is 0.261 e. The van der Waals surface area contributed by atoms with Gasteiger partial charge in [0.2, 0.25) is 0 Å². The number of nitrogens with zero attached hydrogens (tertiary/aromatic N) is 5. The standard InChI is InChI=1S/C21H25N5O/c27-21-17-5-1-2-6-18(17)23-20(26(21)15-16-8-9-16)19-7-3-11-24(19)13-14-25-12-4-10-22-25/h1-2,4-6,10,12,16,19H,3,7-9,11,13-15H2. The van der Waals surface area contributed by atoms with E-state index in [4.69, 9.17) is 4.98 Å². The van der Waals surface area contributed by atoms with Crippen molar-refractivity contribution in [3.8, 4) is 0 Å². The molecule has 5 rings (SSSR count). The molecule has 140 valence electrons. The van der Waals surface area contributed by atoms with E-state index in [-0.39, 0.29) is 11.6 Å². The summed E-state index contributed by atoms with van der Waals surface area (Å²) in [4.78, 5) is 20.7. The van der Waals surface area contributed by atoms with Crippen molar-refractivity contribution in [3.05, 3.63) is 58.9 Å². The maximum atomic E-state index is 13.2. The van der Waals surface area contributed by atoms with Crippen molar-refractivity contribution >= 4 is 10.9 Å². The van der Waals surface area contributed by atoms with Crippen LogP contribution in [0.3, 0.4) is 0 Å². The van der Waals surface area contributed by atoms with E-state index in [1.807, 2.05) is 52.0 Å². The Bertz CT molecular complexity index is 989. The largest absolute Gasteiger partial charge is 0.295 e. The molecule has 27 heavy (non-hydrogen) atoms. The SMILES string of the molecule is O=c1c2ccccc2nc(C2CCCN2CCn2cccn2)n1CC1CC1. The Morgan fingerprint density at radius 2 is 1.96 bits per heavy atom. The Morgan fingerprint density at radius 3 is 2.78 bits per heavy atom. The Labute approximate surface area is 158 Å². The second kappa shape index (κ2) is 6.93. The van der Waals surface area contributed by atoms with Crippen LogP contribution < -0.4 is 5.56 Å². The van der Waals surface area contributed by atoms with Gasteiger partial charge in [-0.15, -0.1) is 0 Å². The van der Waals surface area contributed by atoms with Crippen LogP contribution in [-0.4, -0.2) is 37.3 Å². The van der Waals surface area contributed by atoms with Crippen molar-refractivity contribution in [3.63, 3.8) is 0 Å². The molecule has 1 saturated carbocycles. The molecular weight excluding hydrogens is 338 g/mol. The first-order valence-electron chi connectivity index (χ1n) is 10.0. The molecule has 0 N–H and O–H groups in total. The summed E-state index contributed by atoms with van der Waals surface area (Å²) in [6.45, 7) is 3.66. The lowest BCUT2D eigenvalue weighted by Gasteiger charge is -2.26. The van der Waals surface area contributed by atoms with Crippen molar-refractivity contribution in [1.82, 2.24) is 24.2 Å². The van der Waals surface area contributed by atoms with Gasteiger partial charge in [0.25, 0.3) is 5.56 Å². The van der Waals surface area contributed by atoms with Gasteiger partial charge in [-0.05, 0) is 56.3 Å². The van der Waals surface area contributed by atoms with E-state index in [9.17, 15) is 4.79 Å². The third kappa shape index (κ3) is 3.30. The molecule has 3 heterocycles. The highest BCUT2D eigenvalue weighted by atomic mass is 16.1. The molecule has 0 spiro atoms. The zero-order chi connectivity index (χ0) is 18.2. The molecule has 1 aliphatic carbocycles. The molecule has 1 aliphatic heterocycles. The monoisotopic (exact) mass is 363 g/mol. The van der Waals surface area contributed by atoms with Gasteiger partial charge < -0.3 is 0 Å². The number of hydrogen-bond acceptors (Lipinski definition) is 4. The van der Waals surface area contributed by atoms with Gasteiger partial charge >= 0.3 is 0 Å². The third-order valence-electron chi connectivity index (χ3n) is 5.87. The maximum absolute atomic E-state index is 13.2. The number of fused-ring (bicyclic) bond motifs is 1. The van der Waals surface area contributed by atoms with Crippen LogP contribution in [0.4, 0.5) is 0 Å². The summed E-state index contributed by atoms with van der Waals surface area (Å²) in [6.07, 6.45) is 8.49. The normalized spacial score (nSPS) is 20.5. The highest BCUT2D eigenvalue weighted by Gasteiger charge is 2.32. The number of aromatic nitrogens is 4. The fourth-order valence-corrected chi connectivity index (χ4v) is 4.22. The lowest BCUT2D eigenvalue weighted by atomic mass is 10.1. The molecule has 0 radical (unpaired) electrons. The second-order valence-electron chi connectivity index (χ2n) is 7.81. The molecular formula is C21H25N5O. The van der Waals surface area contributed by atoms with Crippen molar-refractivity contribution in [1.29, 1.82) is 0 Å². The van der Waals surface area contributed by atoms with Crippen LogP contribution >= 0.6 is 0 Å². The van der Waals surface area contributed by atoms with E-state index in [0.29, 0.717) is 5.92 Å². The van der Waals surface area contributed by atoms with Gasteiger partial charge in [0, 0.05) is 25.5 Å². The van der Waals surface area contributed by atoms with Gasteiger partial charge in [0.15, 0.2) is 0 Å². The molecule has 2 aromatic heterocycles. The minimum atomic E-state index is 0.126. The average Bonchev–Trinajstić information content (AvgIpc) is 3.16. The summed E-state index contributed by atoms with van der Waals surface area (Å²) in [7, 11) is 0. The molecule has 1 unspecified atom stereocenters. The fourth-order valence-electron chi connectivity index (χ4n) is 4.22. The highest BCUT2D eigenvalue weighted by Crippen LogP contribution is 2.34. The fraction of sp³-hybridized carbons (Fsp3) is 0.476. The Hall–Kier alpha value is -2.47. The molecule has 1 aromatic carbocycles. The Balaban J connectivity index is 1.50. The Morgan fingerprint density at radius 1 is 1.07 bits per heavy atom. The van der Waals surface area contributed by atoms with E-state index >= 15 is 0 Å². The van der Waals surface area contributed by atoms with E-state index in [1.165, 1.54) is 12.8 Å². The minimum Gasteiger partial charge on any atom is -0.295 e. The van der Waals surface area contributed by atoms with Crippen LogP contribution in [0.2, 0.25) is 0 Å². The molecule has 3 aromatic rings. The Kier molecular flexibility index (Phi) is 4.28. The quantitative estimate of drug-likeness (QED) is 0.676. The summed E-state index contributed by atoms with van der Waals surface area (Å²) >= 11 is 0. The average molecular weight is 363 g/mol. The van der Waals surface area contributed by atoms with Crippen LogP contribution in [-0.2, 0) is 13.1 Å². The van der Waals surface area contributed by atoms with E-state index in [0.717, 1.165) is 55.7 Å². The topological polar surface area (TPSA) is 56.0 Å². The van der Waals surface area contributed by atoms with Gasteiger partial charge in [-0.25, -0.2) is 4.98 Å². The predicted molar refractivity (Wildman–Crippen MR) is 105 cm³/mol. The molecule has 6 nitrogen and oxygen atoms in total. The van der Waals surface area contributed by atoms with Crippen molar-refractivity contribution in [2.45, 2.75) is 44.8 Å². The summed E-state index contributed by atoms with van der Waals surface area (Å²) in [5.74, 6) is 1.60. The molecule has 2 aliphatic rings. The van der Waals surface area contributed by atoms with E-state index in [2.05, 4.69) is 10.00 Å². The van der Waals surface area contributed by atoms with Gasteiger partial charge in [0.05, 0.1) is 23.5 Å².